The highest BCUT2D eigenvalue weighted by Gasteiger charge is 2.38. The van der Waals surface area contributed by atoms with Crippen LogP contribution in [0.5, 0.6) is 0 Å². The number of amides is 2. The van der Waals surface area contributed by atoms with Crippen molar-refractivity contribution in [3.63, 3.8) is 0 Å². The summed E-state index contributed by atoms with van der Waals surface area (Å²) in [5.41, 5.74) is 2.00. The first-order chi connectivity index (χ1) is 16.6. The number of anilines is 4. The lowest BCUT2D eigenvalue weighted by Gasteiger charge is -2.36. The van der Waals surface area contributed by atoms with Gasteiger partial charge in [0, 0.05) is 51.0 Å². The van der Waals surface area contributed by atoms with Crippen LogP contribution in [-0.2, 0) is 9.59 Å². The van der Waals surface area contributed by atoms with E-state index in [4.69, 9.17) is 0 Å². The molecule has 0 radical (unpaired) electrons. The minimum atomic E-state index is -0.294. The normalized spacial score (nSPS) is 18.3. The molecule has 1 atom stereocenters. The fourth-order valence-corrected chi connectivity index (χ4v) is 4.39. The molecule has 34 heavy (non-hydrogen) atoms. The fraction of sp³-hybridized carbons (Fsp3) is 0.320. The average molecular weight is 458 g/mol. The molecule has 2 aliphatic heterocycles. The second-order valence-electron chi connectivity index (χ2n) is 8.67. The monoisotopic (exact) mass is 457 g/mol. The zero-order valence-corrected chi connectivity index (χ0v) is 19.1. The van der Waals surface area contributed by atoms with Gasteiger partial charge < -0.3 is 20.0 Å². The maximum absolute atomic E-state index is 13.1. The van der Waals surface area contributed by atoms with Gasteiger partial charge in [0.05, 0.1) is 5.92 Å². The molecule has 0 saturated carbocycles. The van der Waals surface area contributed by atoms with Crippen LogP contribution in [0.3, 0.4) is 0 Å². The van der Waals surface area contributed by atoms with Crippen molar-refractivity contribution in [1.82, 2.24) is 20.1 Å². The van der Waals surface area contributed by atoms with Crippen LogP contribution in [0.15, 0.2) is 60.8 Å². The van der Waals surface area contributed by atoms with Gasteiger partial charge in [0.2, 0.25) is 11.8 Å². The molecule has 0 aliphatic carbocycles. The van der Waals surface area contributed by atoms with Crippen LogP contribution in [0.2, 0.25) is 0 Å². The Hall–Kier alpha value is -4.01. The summed E-state index contributed by atoms with van der Waals surface area (Å²) in [6.07, 6.45) is 1.98. The first kappa shape index (κ1) is 21.8. The predicted octanol–water partition coefficient (Wildman–Crippen LogP) is 2.63. The van der Waals surface area contributed by atoms with Crippen molar-refractivity contribution >= 4 is 35.0 Å². The topological polar surface area (TPSA) is 94.6 Å². The minimum absolute atomic E-state index is 0.00974. The van der Waals surface area contributed by atoms with E-state index in [0.29, 0.717) is 44.4 Å². The number of carbonyl (C=O) groups is 2. The number of carbonyl (C=O) groups excluding carboxylic acids is 2. The first-order valence-electron chi connectivity index (χ1n) is 11.5. The summed E-state index contributed by atoms with van der Waals surface area (Å²) < 4.78 is 0. The lowest BCUT2D eigenvalue weighted by molar-refractivity contribution is -0.136. The van der Waals surface area contributed by atoms with E-state index >= 15 is 0 Å². The average Bonchev–Trinajstić information content (AvgIpc) is 3.27. The zero-order valence-electron chi connectivity index (χ0n) is 19.1. The van der Waals surface area contributed by atoms with Gasteiger partial charge in [-0.15, -0.1) is 10.2 Å². The molecule has 2 saturated heterocycles. The molecule has 9 nitrogen and oxygen atoms in total. The Labute approximate surface area is 198 Å². The van der Waals surface area contributed by atoms with Crippen molar-refractivity contribution in [1.29, 1.82) is 0 Å². The number of hydrogen-bond donors (Lipinski definition) is 1. The molecule has 1 N–H and O–H groups in total. The number of nitrogens with zero attached hydrogens (tertiary/aromatic N) is 6. The van der Waals surface area contributed by atoms with Gasteiger partial charge in [-0.2, -0.15) is 0 Å². The molecule has 2 aromatic heterocycles. The van der Waals surface area contributed by atoms with Crippen LogP contribution in [-0.4, -0.2) is 64.6 Å². The molecule has 2 fully saturated rings. The Morgan fingerprint density at radius 1 is 0.941 bits per heavy atom. The molecule has 3 aromatic rings. The number of rotatable bonds is 5. The van der Waals surface area contributed by atoms with Crippen LogP contribution in [0.25, 0.3) is 0 Å². The molecule has 0 bridgehead atoms. The van der Waals surface area contributed by atoms with Crippen molar-refractivity contribution in [3.05, 3.63) is 66.4 Å². The summed E-state index contributed by atoms with van der Waals surface area (Å²) in [7, 11) is 0. The molecule has 1 unspecified atom stereocenters. The quantitative estimate of drug-likeness (QED) is 0.629. The second kappa shape index (κ2) is 9.46. The highest BCUT2D eigenvalue weighted by Crippen LogP contribution is 2.27. The van der Waals surface area contributed by atoms with E-state index in [0.717, 1.165) is 17.1 Å². The maximum atomic E-state index is 13.1. The standard InChI is InChI=1S/C25H27N7O2/c1-18-5-7-20(8-6-18)32-17-19(16-24(32)33)25(34)31-14-12-30(13-15-31)23-10-9-22(28-29-23)27-21-4-2-3-11-26-21/h2-11,19H,12-17H2,1H3,(H,26,27,28). The Morgan fingerprint density at radius 3 is 2.41 bits per heavy atom. The third-order valence-corrected chi connectivity index (χ3v) is 6.31. The van der Waals surface area contributed by atoms with Gasteiger partial charge in [0.25, 0.3) is 0 Å². The first-order valence-corrected chi connectivity index (χ1v) is 11.5. The molecule has 1 aromatic carbocycles. The summed E-state index contributed by atoms with van der Waals surface area (Å²) in [6, 6.07) is 17.3. The Bertz CT molecular complexity index is 1140. The summed E-state index contributed by atoms with van der Waals surface area (Å²) in [5.74, 6) is 1.89. The molecule has 4 heterocycles. The summed E-state index contributed by atoms with van der Waals surface area (Å²) in [4.78, 5) is 35.6. The molecule has 0 spiro atoms. The Morgan fingerprint density at radius 2 is 1.74 bits per heavy atom. The molecule has 174 valence electrons. The number of hydrogen-bond acceptors (Lipinski definition) is 7. The van der Waals surface area contributed by atoms with Crippen molar-refractivity contribution in [3.8, 4) is 0 Å². The van der Waals surface area contributed by atoms with Crippen LogP contribution in [0, 0.1) is 12.8 Å². The fourth-order valence-electron chi connectivity index (χ4n) is 4.39. The van der Waals surface area contributed by atoms with E-state index in [9.17, 15) is 9.59 Å². The number of benzene rings is 1. The van der Waals surface area contributed by atoms with Gasteiger partial charge >= 0.3 is 0 Å². The molecule has 2 aliphatic rings. The number of piperazine rings is 1. The van der Waals surface area contributed by atoms with Crippen LogP contribution >= 0.6 is 0 Å². The number of pyridine rings is 1. The second-order valence-corrected chi connectivity index (χ2v) is 8.67. The zero-order chi connectivity index (χ0) is 23.5. The van der Waals surface area contributed by atoms with Gasteiger partial charge in [0.15, 0.2) is 11.6 Å². The lowest BCUT2D eigenvalue weighted by atomic mass is 10.1. The third kappa shape index (κ3) is 4.68. The van der Waals surface area contributed by atoms with Crippen molar-refractivity contribution in [2.45, 2.75) is 13.3 Å². The van der Waals surface area contributed by atoms with E-state index < -0.39 is 0 Å². The van der Waals surface area contributed by atoms with E-state index in [-0.39, 0.29) is 24.2 Å². The largest absolute Gasteiger partial charge is 0.352 e. The molecular formula is C25H27N7O2. The Kier molecular flexibility index (Phi) is 6.07. The highest BCUT2D eigenvalue weighted by molar-refractivity contribution is 6.00. The van der Waals surface area contributed by atoms with Crippen molar-refractivity contribution in [2.75, 3.05) is 47.8 Å². The van der Waals surface area contributed by atoms with E-state index in [1.807, 2.05) is 66.4 Å². The highest BCUT2D eigenvalue weighted by atomic mass is 16.2. The van der Waals surface area contributed by atoms with Crippen LogP contribution in [0.4, 0.5) is 23.1 Å². The van der Waals surface area contributed by atoms with Gasteiger partial charge in [0.1, 0.15) is 5.82 Å². The summed E-state index contributed by atoms with van der Waals surface area (Å²) in [6.45, 7) is 5.01. The maximum Gasteiger partial charge on any atom is 0.228 e. The number of aromatic nitrogens is 3. The number of nitrogens with one attached hydrogen (secondary N) is 1. The van der Waals surface area contributed by atoms with Crippen molar-refractivity contribution in [2.24, 2.45) is 5.92 Å². The van der Waals surface area contributed by atoms with Crippen LogP contribution < -0.4 is 15.1 Å². The number of aryl methyl sites for hydroxylation is 1. The van der Waals surface area contributed by atoms with E-state index in [1.54, 1.807) is 11.1 Å². The predicted molar refractivity (Wildman–Crippen MR) is 130 cm³/mol. The minimum Gasteiger partial charge on any atom is -0.352 e. The molecule has 2 amide bonds. The van der Waals surface area contributed by atoms with E-state index in [2.05, 4.69) is 25.4 Å². The van der Waals surface area contributed by atoms with E-state index in [1.165, 1.54) is 0 Å². The summed E-state index contributed by atoms with van der Waals surface area (Å²) >= 11 is 0. The van der Waals surface area contributed by atoms with Gasteiger partial charge in [-0.1, -0.05) is 23.8 Å². The van der Waals surface area contributed by atoms with Crippen LogP contribution in [0.1, 0.15) is 12.0 Å². The Balaban J connectivity index is 1.15. The molecule has 9 heteroatoms. The smallest absolute Gasteiger partial charge is 0.228 e. The van der Waals surface area contributed by atoms with Gasteiger partial charge in [-0.05, 0) is 43.3 Å². The SMILES string of the molecule is Cc1ccc(N2CC(C(=O)N3CCN(c4ccc(Nc5ccccn5)nn4)CC3)CC2=O)cc1. The van der Waals surface area contributed by atoms with Gasteiger partial charge in [-0.25, -0.2) is 4.98 Å². The third-order valence-electron chi connectivity index (χ3n) is 6.31. The van der Waals surface area contributed by atoms with Gasteiger partial charge in [-0.3, -0.25) is 9.59 Å². The molecular weight excluding hydrogens is 430 g/mol. The molecule has 5 rings (SSSR count). The van der Waals surface area contributed by atoms with Crippen molar-refractivity contribution < 1.29 is 9.59 Å². The summed E-state index contributed by atoms with van der Waals surface area (Å²) in [5, 5.41) is 11.7. The lowest BCUT2D eigenvalue weighted by Crippen LogP contribution is -2.51.